The summed E-state index contributed by atoms with van der Waals surface area (Å²) in [5.74, 6) is -1.66. The molecule has 4 atom stereocenters. The van der Waals surface area contributed by atoms with Crippen molar-refractivity contribution < 1.29 is 19.4 Å². The standard InChI is InChI=1S/C23H25NO4/c1-28-22(27)23-15-24(13-16-8-4-2-5-9-16)14-18(21(23)26)20(25)12-19(23)17-10-6-3-7-11-17/h2-11,18-20,25H,12-15H2,1H3. The Bertz CT molecular complexity index is 853. The van der Waals surface area contributed by atoms with E-state index in [0.29, 0.717) is 26.1 Å². The highest BCUT2D eigenvalue weighted by molar-refractivity contribution is 6.07. The van der Waals surface area contributed by atoms with Crippen molar-refractivity contribution in [1.29, 1.82) is 0 Å². The number of hydrogen-bond acceptors (Lipinski definition) is 5. The molecule has 5 nitrogen and oxygen atoms in total. The number of likely N-dealkylation sites (tertiary alicyclic amines) is 1. The van der Waals surface area contributed by atoms with Gasteiger partial charge in [-0.1, -0.05) is 60.7 Å². The summed E-state index contributed by atoms with van der Waals surface area (Å²) < 4.78 is 5.15. The van der Waals surface area contributed by atoms with Crippen LogP contribution in [0.15, 0.2) is 60.7 Å². The molecule has 146 valence electrons. The number of carbonyl (C=O) groups is 2. The Morgan fingerprint density at radius 1 is 1.14 bits per heavy atom. The lowest BCUT2D eigenvalue weighted by molar-refractivity contribution is -0.176. The Labute approximate surface area is 164 Å². The van der Waals surface area contributed by atoms with Crippen LogP contribution in [0.3, 0.4) is 0 Å². The van der Waals surface area contributed by atoms with Crippen LogP contribution in [-0.2, 0) is 20.9 Å². The highest BCUT2D eigenvalue weighted by Crippen LogP contribution is 2.51. The summed E-state index contributed by atoms with van der Waals surface area (Å²) >= 11 is 0. The van der Waals surface area contributed by atoms with E-state index in [-0.39, 0.29) is 5.78 Å². The van der Waals surface area contributed by atoms with E-state index in [1.807, 2.05) is 60.7 Å². The quantitative estimate of drug-likeness (QED) is 0.653. The van der Waals surface area contributed by atoms with Gasteiger partial charge in [-0.05, 0) is 17.5 Å². The summed E-state index contributed by atoms with van der Waals surface area (Å²) in [6, 6.07) is 19.5. The van der Waals surface area contributed by atoms with Crippen molar-refractivity contribution in [3.63, 3.8) is 0 Å². The molecular weight excluding hydrogens is 354 g/mol. The molecule has 1 saturated heterocycles. The van der Waals surface area contributed by atoms with E-state index in [4.69, 9.17) is 4.74 Å². The minimum atomic E-state index is -1.28. The lowest BCUT2D eigenvalue weighted by Crippen LogP contribution is -2.65. The summed E-state index contributed by atoms with van der Waals surface area (Å²) in [5.41, 5.74) is 0.716. The Morgan fingerprint density at radius 2 is 1.79 bits per heavy atom. The van der Waals surface area contributed by atoms with Gasteiger partial charge in [-0.3, -0.25) is 14.5 Å². The zero-order valence-corrected chi connectivity index (χ0v) is 16.0. The molecule has 28 heavy (non-hydrogen) atoms. The first kappa shape index (κ1) is 18.8. The molecule has 2 bridgehead atoms. The number of esters is 1. The van der Waals surface area contributed by atoms with Crippen molar-refractivity contribution in [2.75, 3.05) is 20.2 Å². The van der Waals surface area contributed by atoms with Crippen LogP contribution < -0.4 is 0 Å². The number of benzene rings is 2. The molecule has 2 aliphatic rings. The van der Waals surface area contributed by atoms with Crippen LogP contribution in [0.2, 0.25) is 0 Å². The van der Waals surface area contributed by atoms with Crippen LogP contribution in [0.25, 0.3) is 0 Å². The number of carbonyl (C=O) groups excluding carboxylic acids is 2. The Kier molecular flexibility index (Phi) is 5.04. The molecule has 0 amide bonds. The average Bonchev–Trinajstić information content (AvgIpc) is 2.72. The second-order valence-corrected chi connectivity index (χ2v) is 7.86. The third kappa shape index (κ3) is 3.05. The van der Waals surface area contributed by atoms with Crippen LogP contribution in [0.5, 0.6) is 0 Å². The summed E-state index contributed by atoms with van der Waals surface area (Å²) in [7, 11) is 1.34. The van der Waals surface area contributed by atoms with Crippen LogP contribution in [0.4, 0.5) is 0 Å². The van der Waals surface area contributed by atoms with Crippen LogP contribution >= 0.6 is 0 Å². The molecule has 4 unspecified atom stereocenters. The third-order valence-electron chi connectivity index (χ3n) is 6.24. The number of aliphatic hydroxyl groups is 1. The maximum atomic E-state index is 13.4. The average molecular weight is 379 g/mol. The number of fused-ring (bicyclic) bond motifs is 2. The first-order valence-corrected chi connectivity index (χ1v) is 9.68. The minimum absolute atomic E-state index is 0.184. The Balaban J connectivity index is 1.76. The van der Waals surface area contributed by atoms with Gasteiger partial charge in [-0.25, -0.2) is 0 Å². The molecule has 1 saturated carbocycles. The molecule has 0 radical (unpaired) electrons. The monoisotopic (exact) mass is 379 g/mol. The first-order chi connectivity index (χ1) is 13.6. The molecule has 0 aromatic heterocycles. The number of hydrogen-bond donors (Lipinski definition) is 1. The molecule has 5 heteroatoms. The molecule has 0 spiro atoms. The number of ether oxygens (including phenoxy) is 1. The lowest BCUT2D eigenvalue weighted by Gasteiger charge is -2.52. The fourth-order valence-corrected chi connectivity index (χ4v) is 4.93. The minimum Gasteiger partial charge on any atom is -0.468 e. The van der Waals surface area contributed by atoms with Gasteiger partial charge in [0.25, 0.3) is 0 Å². The van der Waals surface area contributed by atoms with Gasteiger partial charge in [-0.2, -0.15) is 0 Å². The van der Waals surface area contributed by atoms with Crippen molar-refractivity contribution in [2.24, 2.45) is 11.3 Å². The van der Waals surface area contributed by atoms with Crippen LogP contribution in [0.1, 0.15) is 23.5 Å². The zero-order valence-electron chi connectivity index (χ0n) is 16.0. The summed E-state index contributed by atoms with van der Waals surface area (Å²) in [5, 5.41) is 10.8. The smallest absolute Gasteiger partial charge is 0.321 e. The maximum Gasteiger partial charge on any atom is 0.321 e. The molecule has 4 rings (SSSR count). The fraction of sp³-hybridized carbons (Fsp3) is 0.391. The van der Waals surface area contributed by atoms with Gasteiger partial charge in [0.2, 0.25) is 0 Å². The highest BCUT2D eigenvalue weighted by Gasteiger charge is 2.63. The number of Topliss-reactive ketones (excluding diaryl/α,β-unsaturated/α-hetero) is 1. The van der Waals surface area contributed by atoms with E-state index < -0.39 is 29.3 Å². The number of rotatable bonds is 4. The molecule has 1 heterocycles. The maximum absolute atomic E-state index is 13.4. The van der Waals surface area contributed by atoms with Crippen LogP contribution in [0, 0.1) is 11.3 Å². The third-order valence-corrected chi connectivity index (χ3v) is 6.24. The van der Waals surface area contributed by atoms with Gasteiger partial charge in [-0.15, -0.1) is 0 Å². The molecule has 2 aromatic carbocycles. The van der Waals surface area contributed by atoms with E-state index >= 15 is 0 Å². The molecular formula is C23H25NO4. The number of nitrogens with zero attached hydrogens (tertiary/aromatic N) is 1. The molecule has 1 N–H and O–H groups in total. The second-order valence-electron chi connectivity index (χ2n) is 7.86. The van der Waals surface area contributed by atoms with Crippen molar-refractivity contribution in [3.05, 3.63) is 71.8 Å². The van der Waals surface area contributed by atoms with Gasteiger partial charge in [0.05, 0.1) is 19.1 Å². The summed E-state index contributed by atoms with van der Waals surface area (Å²) in [6.07, 6.45) is -0.386. The van der Waals surface area contributed by atoms with Crippen molar-refractivity contribution in [1.82, 2.24) is 4.90 Å². The van der Waals surface area contributed by atoms with Gasteiger partial charge in [0, 0.05) is 25.6 Å². The number of piperidine rings is 1. The zero-order chi connectivity index (χ0) is 19.7. The summed E-state index contributed by atoms with van der Waals surface area (Å²) in [6.45, 7) is 1.38. The van der Waals surface area contributed by atoms with E-state index in [2.05, 4.69) is 4.90 Å². The van der Waals surface area contributed by atoms with E-state index in [1.165, 1.54) is 7.11 Å². The molecule has 1 aliphatic carbocycles. The van der Waals surface area contributed by atoms with Crippen LogP contribution in [-0.4, -0.2) is 48.1 Å². The van der Waals surface area contributed by atoms with Crippen molar-refractivity contribution >= 4 is 11.8 Å². The lowest BCUT2D eigenvalue weighted by atomic mass is 9.56. The van der Waals surface area contributed by atoms with E-state index in [1.54, 1.807) is 0 Å². The van der Waals surface area contributed by atoms with Gasteiger partial charge in [0.15, 0.2) is 5.78 Å². The van der Waals surface area contributed by atoms with Crippen molar-refractivity contribution in [2.45, 2.75) is 25.0 Å². The number of aliphatic hydroxyl groups excluding tert-OH is 1. The normalized spacial score (nSPS) is 30.1. The number of methoxy groups -OCH3 is 1. The number of ketones is 1. The fourth-order valence-electron chi connectivity index (χ4n) is 4.93. The van der Waals surface area contributed by atoms with E-state index in [0.717, 1.165) is 11.1 Å². The second kappa shape index (κ2) is 7.49. The Hall–Kier alpha value is -2.50. The molecule has 1 aliphatic heterocycles. The highest BCUT2D eigenvalue weighted by atomic mass is 16.5. The first-order valence-electron chi connectivity index (χ1n) is 9.68. The largest absolute Gasteiger partial charge is 0.468 e. The topological polar surface area (TPSA) is 66.8 Å². The molecule has 2 fully saturated rings. The SMILES string of the molecule is COC(=O)C12CN(Cc3ccccc3)CC(C1=O)C(O)CC2c1ccccc1. The van der Waals surface area contributed by atoms with Crippen molar-refractivity contribution in [3.8, 4) is 0 Å². The molecule has 2 aromatic rings. The predicted octanol–water partition coefficient (Wildman–Crippen LogP) is 2.40. The predicted molar refractivity (Wildman–Crippen MR) is 104 cm³/mol. The van der Waals surface area contributed by atoms with Gasteiger partial charge >= 0.3 is 5.97 Å². The summed E-state index contributed by atoms with van der Waals surface area (Å²) in [4.78, 5) is 28.6. The Morgan fingerprint density at radius 3 is 2.43 bits per heavy atom. The van der Waals surface area contributed by atoms with E-state index in [9.17, 15) is 14.7 Å². The van der Waals surface area contributed by atoms with Gasteiger partial charge < -0.3 is 9.84 Å². The van der Waals surface area contributed by atoms with Gasteiger partial charge in [0.1, 0.15) is 5.41 Å².